The van der Waals surface area contributed by atoms with Gasteiger partial charge < -0.3 is 15.5 Å². The highest BCUT2D eigenvalue weighted by atomic mass is 35.5. The van der Waals surface area contributed by atoms with Crippen LogP contribution in [0.4, 0.5) is 5.82 Å². The first-order chi connectivity index (χ1) is 11.9. The lowest BCUT2D eigenvalue weighted by molar-refractivity contribution is -0.132. The van der Waals surface area contributed by atoms with E-state index in [0.717, 1.165) is 18.8 Å². The highest BCUT2D eigenvalue weighted by Gasteiger charge is 2.25. The summed E-state index contributed by atoms with van der Waals surface area (Å²) in [5.41, 5.74) is 5.32. The van der Waals surface area contributed by atoms with E-state index in [1.54, 1.807) is 11.0 Å². The Balaban J connectivity index is 1.90. The van der Waals surface area contributed by atoms with E-state index in [-0.39, 0.29) is 23.5 Å². The molecule has 138 valence electrons. The normalized spacial score (nSPS) is 15.2. The molecule has 1 aromatic rings. The Morgan fingerprint density at radius 2 is 2.08 bits per heavy atom. The van der Waals surface area contributed by atoms with E-state index >= 15 is 0 Å². The second-order valence-corrected chi connectivity index (χ2v) is 7.43. The zero-order valence-electron chi connectivity index (χ0n) is 14.6. The number of primary amides is 1. The summed E-state index contributed by atoms with van der Waals surface area (Å²) in [5, 5.41) is 0.857. The van der Waals surface area contributed by atoms with Crippen LogP contribution in [0, 0.1) is 5.92 Å². The van der Waals surface area contributed by atoms with E-state index in [0.29, 0.717) is 36.2 Å². The number of rotatable bonds is 7. The van der Waals surface area contributed by atoms with Crippen LogP contribution in [0.1, 0.15) is 26.2 Å². The van der Waals surface area contributed by atoms with Gasteiger partial charge in [-0.25, -0.2) is 9.97 Å². The highest BCUT2D eigenvalue weighted by molar-refractivity contribution is 7.99. The summed E-state index contributed by atoms with van der Waals surface area (Å²) in [4.78, 5) is 36.0. The zero-order chi connectivity index (χ0) is 18.4. The van der Waals surface area contributed by atoms with Crippen LogP contribution in [0.3, 0.4) is 0 Å². The highest BCUT2D eigenvalue weighted by Crippen LogP contribution is 2.23. The predicted molar refractivity (Wildman–Crippen MR) is 99.8 cm³/mol. The maximum atomic E-state index is 12.3. The average Bonchev–Trinajstić information content (AvgIpc) is 2.59. The van der Waals surface area contributed by atoms with E-state index in [4.69, 9.17) is 17.3 Å². The SMILES string of the molecule is CCCN(C)c1cc(Cl)nc(SCC(=O)N2CCC(C(N)=O)CC2)n1. The molecule has 7 nitrogen and oxygen atoms in total. The zero-order valence-corrected chi connectivity index (χ0v) is 16.1. The summed E-state index contributed by atoms with van der Waals surface area (Å²) in [7, 11) is 1.95. The molecule has 0 aliphatic carbocycles. The molecule has 2 amide bonds. The first-order valence-corrected chi connectivity index (χ1v) is 9.72. The van der Waals surface area contributed by atoms with Gasteiger partial charge in [0.05, 0.1) is 5.75 Å². The van der Waals surface area contributed by atoms with Crippen LogP contribution in [0.15, 0.2) is 11.2 Å². The number of aromatic nitrogens is 2. The lowest BCUT2D eigenvalue weighted by Gasteiger charge is -2.30. The molecular formula is C16H24ClN5O2S. The number of thioether (sulfide) groups is 1. The Labute approximate surface area is 157 Å². The smallest absolute Gasteiger partial charge is 0.233 e. The molecule has 2 heterocycles. The van der Waals surface area contributed by atoms with Crippen molar-refractivity contribution < 1.29 is 9.59 Å². The minimum absolute atomic E-state index is 0.0139. The summed E-state index contributed by atoms with van der Waals surface area (Å²) in [6.07, 6.45) is 2.26. The van der Waals surface area contributed by atoms with Crippen LogP contribution in [0.5, 0.6) is 0 Å². The Hall–Kier alpha value is -1.54. The fourth-order valence-electron chi connectivity index (χ4n) is 2.73. The number of amides is 2. The third-order valence-corrected chi connectivity index (χ3v) is 5.21. The minimum Gasteiger partial charge on any atom is -0.369 e. The van der Waals surface area contributed by atoms with Crippen LogP contribution < -0.4 is 10.6 Å². The summed E-state index contributed by atoms with van der Waals surface area (Å²) < 4.78 is 0. The first kappa shape index (κ1) is 19.8. The Morgan fingerprint density at radius 1 is 1.40 bits per heavy atom. The quantitative estimate of drug-likeness (QED) is 0.437. The molecule has 0 bridgehead atoms. The number of anilines is 1. The lowest BCUT2D eigenvalue weighted by Crippen LogP contribution is -2.42. The van der Waals surface area contributed by atoms with Gasteiger partial charge in [-0.1, -0.05) is 30.3 Å². The van der Waals surface area contributed by atoms with Crippen LogP contribution in [-0.4, -0.2) is 59.1 Å². The fraction of sp³-hybridized carbons (Fsp3) is 0.625. The van der Waals surface area contributed by atoms with E-state index < -0.39 is 0 Å². The summed E-state index contributed by atoms with van der Waals surface area (Å²) in [6, 6.07) is 1.72. The number of carbonyl (C=O) groups excluding carboxylic acids is 2. The standard InChI is InChI=1S/C16H24ClN5O2S/c1-3-6-21(2)13-9-12(17)19-16(20-13)25-10-14(23)22-7-4-11(5-8-22)15(18)24/h9,11H,3-8,10H2,1-2H3,(H2,18,24). The van der Waals surface area contributed by atoms with Crippen molar-refractivity contribution in [3.63, 3.8) is 0 Å². The van der Waals surface area contributed by atoms with Crippen molar-refractivity contribution in [1.82, 2.24) is 14.9 Å². The van der Waals surface area contributed by atoms with Crippen molar-refractivity contribution in [2.24, 2.45) is 11.7 Å². The van der Waals surface area contributed by atoms with Crippen molar-refractivity contribution in [3.8, 4) is 0 Å². The molecule has 1 aliphatic heterocycles. The average molecular weight is 386 g/mol. The third kappa shape index (κ3) is 5.74. The van der Waals surface area contributed by atoms with Gasteiger partial charge in [-0.15, -0.1) is 0 Å². The molecular weight excluding hydrogens is 362 g/mol. The van der Waals surface area contributed by atoms with Crippen molar-refractivity contribution in [2.45, 2.75) is 31.3 Å². The van der Waals surface area contributed by atoms with Crippen LogP contribution in [-0.2, 0) is 9.59 Å². The first-order valence-electron chi connectivity index (χ1n) is 8.36. The van der Waals surface area contributed by atoms with Gasteiger partial charge in [0.15, 0.2) is 5.16 Å². The van der Waals surface area contributed by atoms with Crippen LogP contribution in [0.25, 0.3) is 0 Å². The molecule has 1 aromatic heterocycles. The van der Waals surface area contributed by atoms with Crippen molar-refractivity contribution in [1.29, 1.82) is 0 Å². The molecule has 25 heavy (non-hydrogen) atoms. The van der Waals surface area contributed by atoms with Gasteiger partial charge >= 0.3 is 0 Å². The Morgan fingerprint density at radius 3 is 2.68 bits per heavy atom. The molecule has 0 saturated carbocycles. The molecule has 2 N–H and O–H groups in total. The third-order valence-electron chi connectivity index (χ3n) is 4.19. The number of hydrogen-bond donors (Lipinski definition) is 1. The van der Waals surface area contributed by atoms with E-state index in [1.807, 2.05) is 11.9 Å². The molecule has 1 saturated heterocycles. The fourth-order valence-corrected chi connectivity index (χ4v) is 3.71. The number of likely N-dealkylation sites (tertiary alicyclic amines) is 1. The van der Waals surface area contributed by atoms with Gasteiger partial charge in [0.2, 0.25) is 11.8 Å². The van der Waals surface area contributed by atoms with Gasteiger partial charge in [-0.3, -0.25) is 9.59 Å². The number of nitrogens with two attached hydrogens (primary N) is 1. The van der Waals surface area contributed by atoms with Gasteiger partial charge in [0, 0.05) is 38.7 Å². The second-order valence-electron chi connectivity index (χ2n) is 6.10. The van der Waals surface area contributed by atoms with Gasteiger partial charge in [0.1, 0.15) is 11.0 Å². The number of halogens is 1. The van der Waals surface area contributed by atoms with Gasteiger partial charge in [0.25, 0.3) is 0 Å². The van der Waals surface area contributed by atoms with Gasteiger partial charge in [-0.2, -0.15) is 0 Å². The number of nitrogens with zero attached hydrogens (tertiary/aromatic N) is 4. The summed E-state index contributed by atoms with van der Waals surface area (Å²) in [5.74, 6) is 0.611. The minimum atomic E-state index is -0.280. The Kier molecular flexibility index (Phi) is 7.31. The maximum Gasteiger partial charge on any atom is 0.233 e. The second kappa shape index (κ2) is 9.24. The summed E-state index contributed by atoms with van der Waals surface area (Å²) in [6.45, 7) is 4.09. The molecule has 0 radical (unpaired) electrons. The Bertz CT molecular complexity index is 623. The van der Waals surface area contributed by atoms with Crippen molar-refractivity contribution in [2.75, 3.05) is 37.3 Å². The largest absolute Gasteiger partial charge is 0.369 e. The van der Waals surface area contributed by atoms with E-state index in [2.05, 4.69) is 16.9 Å². The molecule has 0 spiro atoms. The van der Waals surface area contributed by atoms with E-state index in [1.165, 1.54) is 11.8 Å². The van der Waals surface area contributed by atoms with Crippen LogP contribution in [0.2, 0.25) is 5.15 Å². The molecule has 0 unspecified atom stereocenters. The molecule has 2 rings (SSSR count). The molecule has 1 fully saturated rings. The molecule has 1 aliphatic rings. The van der Waals surface area contributed by atoms with Crippen molar-refractivity contribution in [3.05, 3.63) is 11.2 Å². The molecule has 9 heteroatoms. The lowest BCUT2D eigenvalue weighted by atomic mass is 9.96. The van der Waals surface area contributed by atoms with E-state index in [9.17, 15) is 9.59 Å². The topological polar surface area (TPSA) is 92.4 Å². The van der Waals surface area contributed by atoms with Gasteiger partial charge in [-0.05, 0) is 19.3 Å². The maximum absolute atomic E-state index is 12.3. The van der Waals surface area contributed by atoms with Crippen LogP contribution >= 0.6 is 23.4 Å². The molecule has 0 aromatic carbocycles. The summed E-state index contributed by atoms with van der Waals surface area (Å²) >= 11 is 7.35. The van der Waals surface area contributed by atoms with Crippen molar-refractivity contribution >= 4 is 41.0 Å². The number of piperidine rings is 1. The predicted octanol–water partition coefficient (Wildman–Crippen LogP) is 1.79. The monoisotopic (exact) mass is 385 g/mol. The number of carbonyl (C=O) groups is 2. The number of hydrogen-bond acceptors (Lipinski definition) is 6. The molecule has 0 atom stereocenters.